The van der Waals surface area contributed by atoms with Gasteiger partial charge in [0.1, 0.15) is 12.6 Å². The molecule has 13 nitrogen and oxygen atoms in total. The molecule has 14 heteroatoms. The number of phenolic OH excluding ortho intramolecular Hbond substituents is 2. The Bertz CT molecular complexity index is 1070. The van der Waals surface area contributed by atoms with Gasteiger partial charge in [-0.15, -0.1) is 0 Å². The molecule has 3 amide bonds. The number of amides is 3. The first kappa shape index (κ1) is 26.2. The van der Waals surface area contributed by atoms with Crippen LogP contribution in [0.1, 0.15) is 37.0 Å². The third-order valence-electron chi connectivity index (χ3n) is 6.21. The molecule has 2 saturated heterocycles. The molecule has 0 bridgehead atoms. The summed E-state index contributed by atoms with van der Waals surface area (Å²) in [5, 5.41) is 31.2. The van der Waals surface area contributed by atoms with E-state index in [4.69, 9.17) is 4.74 Å². The number of likely N-dealkylation sites (tertiary alicyclic amines) is 2. The smallest absolute Gasteiger partial charge is 0.409 e. The van der Waals surface area contributed by atoms with E-state index in [0.717, 1.165) is 17.9 Å². The highest BCUT2D eigenvalue weighted by molar-refractivity contribution is 7.80. The molecule has 1 aromatic rings. The Morgan fingerprint density at radius 3 is 2.54 bits per heavy atom. The van der Waals surface area contributed by atoms with Gasteiger partial charge in [0.2, 0.25) is 5.91 Å². The number of nitrogens with one attached hydrogen (secondary N) is 1. The molecule has 0 saturated carbocycles. The standard InChI is InChI=1S/C21H27N3O10S/c1-11-7-16(27)24(11)17(19(29)30)21(2,35(32)33)10-34-20(31)23-6-5-13(9-23)22-18(28)12-3-4-14(25)15(26)8-12/h3-4,8,11,13,17,25-26H,5-7,9-10H2,1-2H3,(H,22,28)(H,29,30)(H,32,33)/p-1/t11-,13?,17+,21+/m1/s1. The van der Waals surface area contributed by atoms with E-state index in [-0.39, 0.29) is 30.8 Å². The predicted octanol–water partition coefficient (Wildman–Crippen LogP) is -0.250. The quantitative estimate of drug-likeness (QED) is 0.205. The number of hydrogen-bond acceptors (Lipinski definition) is 9. The van der Waals surface area contributed by atoms with Crippen LogP contribution in [0.4, 0.5) is 4.79 Å². The van der Waals surface area contributed by atoms with E-state index in [1.54, 1.807) is 6.92 Å². The van der Waals surface area contributed by atoms with Gasteiger partial charge in [0.05, 0.1) is 4.75 Å². The summed E-state index contributed by atoms with van der Waals surface area (Å²) in [6, 6.07) is 0.907. The van der Waals surface area contributed by atoms with Gasteiger partial charge < -0.3 is 39.7 Å². The van der Waals surface area contributed by atoms with Gasteiger partial charge >= 0.3 is 12.1 Å². The van der Waals surface area contributed by atoms with Crippen molar-refractivity contribution in [2.45, 2.75) is 49.6 Å². The summed E-state index contributed by atoms with van der Waals surface area (Å²) in [7, 11) is 0. The first-order valence-electron chi connectivity index (χ1n) is 10.7. The van der Waals surface area contributed by atoms with Crippen LogP contribution >= 0.6 is 0 Å². The number of carboxylic acid groups (broad SMARTS) is 1. The van der Waals surface area contributed by atoms with Crippen molar-refractivity contribution >= 4 is 35.0 Å². The molecule has 2 unspecified atom stereocenters. The average Bonchev–Trinajstić information content (AvgIpc) is 3.25. The number of phenols is 2. The Labute approximate surface area is 202 Å². The summed E-state index contributed by atoms with van der Waals surface area (Å²) in [5.74, 6) is -3.40. The lowest BCUT2D eigenvalue weighted by Gasteiger charge is -2.49. The van der Waals surface area contributed by atoms with Crippen molar-refractivity contribution in [2.75, 3.05) is 19.7 Å². The van der Waals surface area contributed by atoms with Gasteiger partial charge in [-0.05, 0) is 49.5 Å². The SMILES string of the molecule is C[C@@H]1CC(=O)N1[C@@H](C(=O)O)[C@](C)(COC(=O)N1CCC(NC(=O)c2ccc(O)c(O)c2)C1)S(=O)[O-]. The Hall–Kier alpha value is -3.39. The van der Waals surface area contributed by atoms with Gasteiger partial charge in [-0.3, -0.25) is 13.8 Å². The second kappa shape index (κ2) is 10.1. The second-order valence-electron chi connectivity index (χ2n) is 8.81. The minimum Gasteiger partial charge on any atom is -0.772 e. The Morgan fingerprint density at radius 1 is 1.31 bits per heavy atom. The van der Waals surface area contributed by atoms with Gasteiger partial charge in [0, 0.05) is 37.2 Å². The van der Waals surface area contributed by atoms with Gasteiger partial charge in [-0.1, -0.05) is 0 Å². The third-order valence-corrected chi connectivity index (χ3v) is 7.31. The van der Waals surface area contributed by atoms with Gasteiger partial charge in [-0.2, -0.15) is 0 Å². The highest BCUT2D eigenvalue weighted by atomic mass is 32.2. The number of rotatable bonds is 8. The fourth-order valence-electron chi connectivity index (χ4n) is 4.15. The van der Waals surface area contributed by atoms with Crippen LogP contribution < -0.4 is 5.32 Å². The number of carbonyl (C=O) groups excluding carboxylic acids is 3. The van der Waals surface area contributed by atoms with Crippen LogP contribution in [-0.4, -0.2) is 100 Å². The number of carboxylic acids is 1. The number of aromatic hydroxyl groups is 2. The number of nitrogens with zero attached hydrogens (tertiary/aromatic N) is 2. The lowest BCUT2D eigenvalue weighted by Crippen LogP contribution is -2.68. The Kier molecular flexibility index (Phi) is 7.55. The fourth-order valence-corrected chi connectivity index (χ4v) is 4.71. The molecule has 5 atom stereocenters. The molecule has 2 aliphatic heterocycles. The highest BCUT2D eigenvalue weighted by Crippen LogP contribution is 2.32. The average molecular weight is 513 g/mol. The summed E-state index contributed by atoms with van der Waals surface area (Å²) in [6.45, 7) is 2.13. The summed E-state index contributed by atoms with van der Waals surface area (Å²) in [6.07, 6.45) is -0.434. The van der Waals surface area contributed by atoms with Crippen LogP contribution in [-0.2, 0) is 25.4 Å². The monoisotopic (exact) mass is 512 g/mol. The largest absolute Gasteiger partial charge is 0.772 e. The van der Waals surface area contributed by atoms with Gasteiger partial charge in [-0.25, -0.2) is 9.59 Å². The summed E-state index contributed by atoms with van der Waals surface area (Å²) < 4.78 is 27.1. The zero-order valence-electron chi connectivity index (χ0n) is 19.0. The second-order valence-corrected chi connectivity index (χ2v) is 10.2. The molecular formula is C21H26N3O10S-. The van der Waals surface area contributed by atoms with Crippen LogP contribution in [0.2, 0.25) is 0 Å². The number of hydrogen-bond donors (Lipinski definition) is 4. The zero-order chi connectivity index (χ0) is 26.1. The maximum atomic E-state index is 12.6. The van der Waals surface area contributed by atoms with Gasteiger partial charge in [0.25, 0.3) is 5.91 Å². The maximum Gasteiger partial charge on any atom is 0.409 e. The third kappa shape index (κ3) is 5.32. The van der Waals surface area contributed by atoms with Crippen LogP contribution in [0, 0.1) is 0 Å². The minimum atomic E-state index is -3.01. The summed E-state index contributed by atoms with van der Waals surface area (Å²) >= 11 is -3.01. The van der Waals surface area contributed by atoms with E-state index in [0.29, 0.717) is 6.42 Å². The van der Waals surface area contributed by atoms with E-state index >= 15 is 0 Å². The van der Waals surface area contributed by atoms with Crippen molar-refractivity contribution in [1.82, 2.24) is 15.1 Å². The van der Waals surface area contributed by atoms with Crippen molar-refractivity contribution < 1.29 is 48.0 Å². The predicted molar refractivity (Wildman–Crippen MR) is 118 cm³/mol. The molecule has 35 heavy (non-hydrogen) atoms. The number of carbonyl (C=O) groups is 4. The van der Waals surface area contributed by atoms with Crippen molar-refractivity contribution in [3.63, 3.8) is 0 Å². The van der Waals surface area contributed by atoms with Crippen LogP contribution in [0.3, 0.4) is 0 Å². The molecule has 2 heterocycles. The van der Waals surface area contributed by atoms with E-state index in [2.05, 4.69) is 5.32 Å². The molecule has 192 valence electrons. The van der Waals surface area contributed by atoms with Crippen molar-refractivity contribution in [3.8, 4) is 11.5 Å². The Morgan fingerprint density at radius 2 is 2.00 bits per heavy atom. The first-order chi connectivity index (χ1) is 16.3. The molecule has 3 rings (SSSR count). The van der Waals surface area contributed by atoms with Crippen molar-refractivity contribution in [2.24, 2.45) is 0 Å². The molecule has 0 spiro atoms. The van der Waals surface area contributed by atoms with Gasteiger partial charge in [0.15, 0.2) is 11.5 Å². The minimum absolute atomic E-state index is 0.0514. The van der Waals surface area contributed by atoms with Crippen molar-refractivity contribution in [3.05, 3.63) is 23.8 Å². The first-order valence-corrected chi connectivity index (χ1v) is 11.8. The van der Waals surface area contributed by atoms with Crippen molar-refractivity contribution in [1.29, 1.82) is 0 Å². The van der Waals surface area contributed by atoms with Crippen LogP contribution in [0.5, 0.6) is 11.5 Å². The topological polar surface area (TPSA) is 197 Å². The molecule has 1 aromatic carbocycles. The fraction of sp³-hybridized carbons (Fsp3) is 0.524. The Balaban J connectivity index is 1.61. The molecular weight excluding hydrogens is 486 g/mol. The lowest BCUT2D eigenvalue weighted by molar-refractivity contribution is -0.163. The number of aliphatic carboxylic acids is 1. The van der Waals surface area contributed by atoms with E-state index in [9.17, 15) is 43.3 Å². The summed E-state index contributed by atoms with van der Waals surface area (Å²) in [5.41, 5.74) is 0.101. The normalized spacial score (nSPS) is 23.1. The van der Waals surface area contributed by atoms with Crippen LogP contribution in [0.25, 0.3) is 0 Å². The molecule has 2 aliphatic rings. The molecule has 0 aliphatic carbocycles. The maximum absolute atomic E-state index is 12.6. The van der Waals surface area contributed by atoms with E-state index in [1.165, 1.54) is 17.0 Å². The zero-order valence-corrected chi connectivity index (χ0v) is 19.8. The summed E-state index contributed by atoms with van der Waals surface area (Å²) in [4.78, 5) is 51.0. The molecule has 4 N–H and O–H groups in total. The van der Waals surface area contributed by atoms with E-state index < -0.39 is 70.2 Å². The highest BCUT2D eigenvalue weighted by Gasteiger charge is 2.52. The van der Waals surface area contributed by atoms with Crippen LogP contribution in [0.15, 0.2) is 18.2 Å². The molecule has 2 fully saturated rings. The number of ether oxygens (including phenoxy) is 1. The molecule has 0 radical (unpaired) electrons. The number of benzene rings is 1. The number of β-lactam (4-membered cyclic amide) rings is 1. The lowest BCUT2D eigenvalue weighted by atomic mass is 9.92. The molecule has 0 aromatic heterocycles. The van der Waals surface area contributed by atoms with E-state index in [1.807, 2.05) is 0 Å².